The number of imidazole rings is 1. The molecule has 1 N–H and O–H groups in total. The van der Waals surface area contributed by atoms with Crippen LogP contribution in [-0.4, -0.2) is 29.2 Å². The Balaban J connectivity index is 2.61. The van der Waals surface area contributed by atoms with Crippen molar-refractivity contribution in [3.05, 3.63) is 21.1 Å². The third-order valence-corrected chi connectivity index (χ3v) is 2.74. The summed E-state index contributed by atoms with van der Waals surface area (Å²) in [5, 5.41) is 17.4. The zero-order valence-electron chi connectivity index (χ0n) is 9.25. The van der Waals surface area contributed by atoms with Gasteiger partial charge in [-0.2, -0.15) is 0 Å². The van der Waals surface area contributed by atoms with Crippen molar-refractivity contribution in [1.29, 1.82) is 0 Å². The molecule has 9 heteroatoms. The molecule has 0 fully saturated rings. The van der Waals surface area contributed by atoms with E-state index < -0.39 is 4.92 Å². The Labute approximate surface area is 101 Å². The van der Waals surface area contributed by atoms with Gasteiger partial charge < -0.3 is 10.1 Å². The van der Waals surface area contributed by atoms with Gasteiger partial charge in [0.05, 0.1) is 7.05 Å². The fourth-order valence-electron chi connectivity index (χ4n) is 1.56. The topological polar surface area (TPSA) is 94.6 Å². The Bertz CT molecular complexity index is 624. The van der Waals surface area contributed by atoms with Crippen LogP contribution in [0.4, 0.5) is 5.82 Å². The molecule has 0 saturated carbocycles. The quantitative estimate of drug-likeness (QED) is 0.505. The average molecular weight is 254 g/mol. The molecule has 0 unspecified atom stereocenters. The normalized spacial score (nSPS) is 10.7. The Hall–Kier alpha value is -2.03. The van der Waals surface area contributed by atoms with Crippen LogP contribution in [0.15, 0.2) is 6.20 Å². The van der Waals surface area contributed by atoms with Gasteiger partial charge in [-0.3, -0.25) is 9.67 Å². The Morgan fingerprint density at radius 2 is 2.29 bits per heavy atom. The van der Waals surface area contributed by atoms with Crippen LogP contribution in [0, 0.1) is 14.9 Å². The maximum Gasteiger partial charge on any atom is 0.343 e. The molecule has 8 nitrogen and oxygen atoms in total. The molecule has 0 saturated heterocycles. The summed E-state index contributed by atoms with van der Waals surface area (Å²) in [7, 11) is 1.57. The Kier molecular flexibility index (Phi) is 2.76. The number of nitrogens with zero attached hydrogens (tertiary/aromatic N) is 5. The highest BCUT2D eigenvalue weighted by atomic mass is 32.1. The summed E-state index contributed by atoms with van der Waals surface area (Å²) in [6.45, 7) is 2.53. The second kappa shape index (κ2) is 4.09. The summed E-state index contributed by atoms with van der Waals surface area (Å²) in [6.07, 6.45) is 1.20. The molecule has 0 aliphatic carbocycles. The first kappa shape index (κ1) is 11.5. The van der Waals surface area contributed by atoms with Crippen molar-refractivity contribution in [2.45, 2.75) is 13.5 Å². The van der Waals surface area contributed by atoms with Gasteiger partial charge in [0.1, 0.15) is 6.20 Å². The van der Waals surface area contributed by atoms with Crippen molar-refractivity contribution in [3.63, 3.8) is 0 Å². The maximum atomic E-state index is 10.7. The van der Waals surface area contributed by atoms with Crippen molar-refractivity contribution in [2.24, 2.45) is 7.05 Å². The van der Waals surface area contributed by atoms with Gasteiger partial charge in [-0.05, 0) is 24.1 Å². The SMILES string of the molecule is CCn1c(-c2ncc([N+](=O)[O-])n2C)n[nH]c1=S. The number of nitrogens with one attached hydrogen (secondary N) is 1. The first-order valence-electron chi connectivity index (χ1n) is 4.88. The molecule has 0 aliphatic heterocycles. The van der Waals surface area contributed by atoms with Gasteiger partial charge in [-0.25, -0.2) is 9.55 Å². The molecular formula is C8H10N6O2S. The molecule has 0 atom stereocenters. The van der Waals surface area contributed by atoms with Crippen molar-refractivity contribution in [1.82, 2.24) is 24.3 Å². The number of hydrogen-bond donors (Lipinski definition) is 1. The van der Waals surface area contributed by atoms with Crippen LogP contribution in [0.25, 0.3) is 11.6 Å². The van der Waals surface area contributed by atoms with E-state index in [2.05, 4.69) is 15.2 Å². The highest BCUT2D eigenvalue weighted by Crippen LogP contribution is 2.20. The van der Waals surface area contributed by atoms with Crippen LogP contribution in [0.2, 0.25) is 0 Å². The van der Waals surface area contributed by atoms with Gasteiger partial charge in [0.25, 0.3) is 5.82 Å². The standard InChI is InChI=1S/C8H10N6O2S/c1-3-13-7(10-11-8(13)17)6-9-4-5(12(6)2)14(15)16/h4H,3H2,1-2H3,(H,11,17). The average Bonchev–Trinajstić information content (AvgIpc) is 2.81. The second-order valence-electron chi connectivity index (χ2n) is 3.35. The third kappa shape index (κ3) is 1.73. The first-order valence-corrected chi connectivity index (χ1v) is 5.28. The molecule has 2 heterocycles. The molecule has 2 aromatic heterocycles. The van der Waals surface area contributed by atoms with E-state index in [4.69, 9.17) is 12.2 Å². The highest BCUT2D eigenvalue weighted by Gasteiger charge is 2.22. The molecule has 0 aromatic carbocycles. The number of nitro groups is 1. The van der Waals surface area contributed by atoms with Crippen molar-refractivity contribution in [2.75, 3.05) is 0 Å². The monoisotopic (exact) mass is 254 g/mol. The number of hydrogen-bond acceptors (Lipinski definition) is 5. The maximum absolute atomic E-state index is 10.7. The molecule has 2 aromatic rings. The fraction of sp³-hybridized carbons (Fsp3) is 0.375. The summed E-state index contributed by atoms with van der Waals surface area (Å²) in [5.41, 5.74) is 0. The van der Waals surface area contributed by atoms with Crippen LogP contribution < -0.4 is 0 Å². The lowest BCUT2D eigenvalue weighted by Crippen LogP contribution is -2.04. The van der Waals surface area contributed by atoms with E-state index >= 15 is 0 Å². The third-order valence-electron chi connectivity index (χ3n) is 2.43. The van der Waals surface area contributed by atoms with Crippen molar-refractivity contribution >= 4 is 18.0 Å². The predicted molar refractivity (Wildman–Crippen MR) is 61.9 cm³/mol. The van der Waals surface area contributed by atoms with E-state index in [1.807, 2.05) is 6.92 Å². The van der Waals surface area contributed by atoms with Crippen LogP contribution in [0.1, 0.15) is 6.92 Å². The smallest absolute Gasteiger partial charge is 0.343 e. The Morgan fingerprint density at radius 1 is 1.59 bits per heavy atom. The molecule has 0 aliphatic rings. The van der Waals surface area contributed by atoms with E-state index in [0.717, 1.165) is 0 Å². The summed E-state index contributed by atoms with van der Waals surface area (Å²) >= 11 is 5.05. The molecule has 2 rings (SSSR count). The number of aromatic nitrogens is 5. The van der Waals surface area contributed by atoms with E-state index in [0.29, 0.717) is 23.0 Å². The predicted octanol–water partition coefficient (Wildman–Crippen LogP) is 1.27. The summed E-state index contributed by atoms with van der Waals surface area (Å²) < 4.78 is 3.56. The lowest BCUT2D eigenvalue weighted by molar-refractivity contribution is -0.391. The summed E-state index contributed by atoms with van der Waals surface area (Å²) in [5.74, 6) is 0.815. The van der Waals surface area contributed by atoms with E-state index in [1.165, 1.54) is 10.8 Å². The fourth-order valence-corrected chi connectivity index (χ4v) is 1.82. The zero-order valence-corrected chi connectivity index (χ0v) is 10.1. The largest absolute Gasteiger partial charge is 0.358 e. The van der Waals surface area contributed by atoms with Crippen LogP contribution in [-0.2, 0) is 13.6 Å². The van der Waals surface area contributed by atoms with E-state index in [1.54, 1.807) is 11.6 Å². The molecular weight excluding hydrogens is 244 g/mol. The molecule has 17 heavy (non-hydrogen) atoms. The molecule has 0 radical (unpaired) electrons. The van der Waals surface area contributed by atoms with Gasteiger partial charge in [0.2, 0.25) is 5.82 Å². The molecule has 0 spiro atoms. The first-order chi connectivity index (χ1) is 8.06. The van der Waals surface area contributed by atoms with E-state index in [-0.39, 0.29) is 5.82 Å². The van der Waals surface area contributed by atoms with Gasteiger partial charge >= 0.3 is 5.82 Å². The number of H-pyrrole nitrogens is 1. The summed E-state index contributed by atoms with van der Waals surface area (Å²) in [4.78, 5) is 14.2. The number of rotatable bonds is 3. The van der Waals surface area contributed by atoms with Crippen molar-refractivity contribution < 1.29 is 4.92 Å². The van der Waals surface area contributed by atoms with Gasteiger partial charge in [0, 0.05) is 6.54 Å². The van der Waals surface area contributed by atoms with Gasteiger partial charge in [-0.15, -0.1) is 5.10 Å². The highest BCUT2D eigenvalue weighted by molar-refractivity contribution is 7.71. The molecule has 90 valence electrons. The van der Waals surface area contributed by atoms with Crippen LogP contribution >= 0.6 is 12.2 Å². The van der Waals surface area contributed by atoms with Gasteiger partial charge in [0.15, 0.2) is 4.77 Å². The lowest BCUT2D eigenvalue weighted by atomic mass is 10.5. The van der Waals surface area contributed by atoms with E-state index in [9.17, 15) is 10.1 Å². The molecule has 0 bridgehead atoms. The number of aromatic amines is 1. The molecule has 0 amide bonds. The van der Waals surface area contributed by atoms with Crippen molar-refractivity contribution in [3.8, 4) is 11.6 Å². The van der Waals surface area contributed by atoms with Gasteiger partial charge in [-0.1, -0.05) is 0 Å². The Morgan fingerprint density at radius 3 is 2.82 bits per heavy atom. The minimum absolute atomic E-state index is 0.0865. The van der Waals surface area contributed by atoms with Crippen LogP contribution in [0.3, 0.4) is 0 Å². The second-order valence-corrected chi connectivity index (χ2v) is 3.74. The minimum Gasteiger partial charge on any atom is -0.358 e. The van der Waals surface area contributed by atoms with Crippen LogP contribution in [0.5, 0.6) is 0 Å². The lowest BCUT2D eigenvalue weighted by Gasteiger charge is -2.00. The summed E-state index contributed by atoms with van der Waals surface area (Å²) in [6, 6.07) is 0. The minimum atomic E-state index is -0.492. The zero-order chi connectivity index (χ0) is 12.6.